The maximum absolute atomic E-state index is 11.4. The lowest BCUT2D eigenvalue weighted by atomic mass is 10.2. The third-order valence-corrected chi connectivity index (χ3v) is 2.59. The second-order valence-corrected chi connectivity index (χ2v) is 5.09. The average Bonchev–Trinajstić information content (AvgIpc) is 2.76. The molecule has 0 aliphatic heterocycles. The second-order valence-electron chi connectivity index (χ2n) is 5.09. The molecule has 1 N–H and O–H groups in total. The van der Waals surface area contributed by atoms with Gasteiger partial charge in [-0.2, -0.15) is 0 Å². The number of carbonyl (C=O) groups excluding carboxylic acids is 2. The Hall–Kier alpha value is -1.06. The number of nitrogens with one attached hydrogen (secondary N) is 1. The second kappa shape index (κ2) is 3.83. The van der Waals surface area contributed by atoms with Gasteiger partial charge < -0.3 is 14.8 Å². The van der Waals surface area contributed by atoms with E-state index in [1.165, 1.54) is 0 Å². The Morgan fingerprint density at radius 3 is 2.53 bits per heavy atom. The van der Waals surface area contributed by atoms with Gasteiger partial charge in [-0.05, 0) is 33.1 Å². The maximum Gasteiger partial charge on any atom is 0.408 e. The molecule has 0 spiro atoms. The fourth-order valence-corrected chi connectivity index (χ4v) is 1.68. The highest BCUT2D eigenvalue weighted by atomic mass is 16.6. The number of hydrogen-bond acceptors (Lipinski definition) is 3. The van der Waals surface area contributed by atoms with Crippen molar-refractivity contribution in [3.63, 3.8) is 0 Å². The van der Waals surface area contributed by atoms with Crippen LogP contribution in [0.25, 0.3) is 0 Å². The van der Waals surface area contributed by atoms with Crippen LogP contribution in [-0.4, -0.2) is 23.5 Å². The standard InChI is InChI=1S/C11H19NO3/c1-5-8-6-11(8,7-13)12-9(14)15-10(2,3)4/h7-8H,5-6H2,1-4H3,(H,12,14)/t8?,11-/m0/s1. The fourth-order valence-electron chi connectivity index (χ4n) is 1.68. The molecule has 0 aromatic heterocycles. The lowest BCUT2D eigenvalue weighted by Gasteiger charge is -2.21. The largest absolute Gasteiger partial charge is 0.444 e. The van der Waals surface area contributed by atoms with Crippen LogP contribution in [-0.2, 0) is 9.53 Å². The van der Waals surface area contributed by atoms with Crippen LogP contribution in [0.1, 0.15) is 40.5 Å². The molecule has 2 atom stereocenters. The van der Waals surface area contributed by atoms with Crippen LogP contribution in [0.3, 0.4) is 0 Å². The molecule has 4 nitrogen and oxygen atoms in total. The van der Waals surface area contributed by atoms with Crippen molar-refractivity contribution in [1.29, 1.82) is 0 Å². The van der Waals surface area contributed by atoms with Gasteiger partial charge in [0.1, 0.15) is 17.4 Å². The SMILES string of the molecule is CCC1C[C@@]1(C=O)NC(=O)OC(C)(C)C. The summed E-state index contributed by atoms with van der Waals surface area (Å²) in [6, 6.07) is 0. The smallest absolute Gasteiger partial charge is 0.408 e. The highest BCUT2D eigenvalue weighted by Gasteiger charge is 2.54. The Balaban J connectivity index is 2.48. The van der Waals surface area contributed by atoms with Crippen molar-refractivity contribution in [2.45, 2.75) is 51.7 Å². The highest BCUT2D eigenvalue weighted by Crippen LogP contribution is 2.44. The van der Waals surface area contributed by atoms with Crippen molar-refractivity contribution in [2.75, 3.05) is 0 Å². The zero-order valence-electron chi connectivity index (χ0n) is 9.79. The number of amides is 1. The molecule has 1 amide bonds. The van der Waals surface area contributed by atoms with E-state index < -0.39 is 17.2 Å². The zero-order valence-corrected chi connectivity index (χ0v) is 9.79. The summed E-state index contributed by atoms with van der Waals surface area (Å²) in [6.07, 6.45) is 1.94. The van der Waals surface area contributed by atoms with Crippen molar-refractivity contribution >= 4 is 12.4 Å². The van der Waals surface area contributed by atoms with Gasteiger partial charge in [0.05, 0.1) is 0 Å². The molecular formula is C11H19NO3. The summed E-state index contributed by atoms with van der Waals surface area (Å²) >= 11 is 0. The third kappa shape index (κ3) is 2.94. The van der Waals surface area contributed by atoms with Gasteiger partial charge in [0.25, 0.3) is 0 Å². The minimum atomic E-state index is -0.656. The molecule has 86 valence electrons. The van der Waals surface area contributed by atoms with Crippen molar-refractivity contribution in [3.05, 3.63) is 0 Å². The predicted octanol–water partition coefficient (Wildman–Crippen LogP) is 1.88. The Morgan fingerprint density at radius 2 is 2.20 bits per heavy atom. The minimum absolute atomic E-state index is 0.266. The Labute approximate surface area is 90.4 Å². The molecule has 0 bridgehead atoms. The summed E-state index contributed by atoms with van der Waals surface area (Å²) in [4.78, 5) is 22.3. The van der Waals surface area contributed by atoms with E-state index in [0.29, 0.717) is 0 Å². The van der Waals surface area contributed by atoms with Crippen LogP contribution in [0.5, 0.6) is 0 Å². The van der Waals surface area contributed by atoms with E-state index >= 15 is 0 Å². The number of alkyl carbamates (subject to hydrolysis) is 1. The van der Waals surface area contributed by atoms with Gasteiger partial charge >= 0.3 is 6.09 Å². The molecule has 1 aliphatic carbocycles. The molecule has 1 aliphatic rings. The Morgan fingerprint density at radius 1 is 1.60 bits per heavy atom. The molecule has 1 rings (SSSR count). The first-order chi connectivity index (χ1) is 6.83. The van der Waals surface area contributed by atoms with Gasteiger partial charge in [-0.1, -0.05) is 13.3 Å². The van der Waals surface area contributed by atoms with Crippen molar-refractivity contribution in [2.24, 2.45) is 5.92 Å². The monoisotopic (exact) mass is 213 g/mol. The molecule has 0 aromatic carbocycles. The molecule has 1 saturated carbocycles. The quantitative estimate of drug-likeness (QED) is 0.728. The topological polar surface area (TPSA) is 55.4 Å². The first-order valence-corrected chi connectivity index (χ1v) is 5.30. The van der Waals surface area contributed by atoms with Crippen LogP contribution in [0.4, 0.5) is 4.79 Å². The average molecular weight is 213 g/mol. The van der Waals surface area contributed by atoms with Gasteiger partial charge in [0, 0.05) is 0 Å². The van der Waals surface area contributed by atoms with Crippen LogP contribution < -0.4 is 5.32 Å². The molecule has 15 heavy (non-hydrogen) atoms. The molecule has 1 unspecified atom stereocenters. The normalized spacial score (nSPS) is 29.5. The van der Waals surface area contributed by atoms with Gasteiger partial charge in [-0.15, -0.1) is 0 Å². The van der Waals surface area contributed by atoms with E-state index in [4.69, 9.17) is 4.74 Å². The lowest BCUT2D eigenvalue weighted by Crippen LogP contribution is -2.43. The lowest BCUT2D eigenvalue weighted by molar-refractivity contribution is -0.110. The Bertz CT molecular complexity index is 269. The van der Waals surface area contributed by atoms with Crippen molar-refractivity contribution < 1.29 is 14.3 Å². The zero-order chi connectivity index (χ0) is 11.7. The Kier molecular flexibility index (Phi) is 3.07. The van der Waals surface area contributed by atoms with Crippen LogP contribution in [0.2, 0.25) is 0 Å². The number of aldehydes is 1. The van der Waals surface area contributed by atoms with Crippen LogP contribution in [0, 0.1) is 5.92 Å². The number of hydrogen-bond donors (Lipinski definition) is 1. The van der Waals surface area contributed by atoms with E-state index in [-0.39, 0.29) is 5.92 Å². The molecule has 0 saturated heterocycles. The summed E-state index contributed by atoms with van der Waals surface area (Å²) in [5, 5.41) is 2.65. The van der Waals surface area contributed by atoms with E-state index in [1.807, 2.05) is 6.92 Å². The molecule has 0 radical (unpaired) electrons. The van der Waals surface area contributed by atoms with Crippen molar-refractivity contribution in [1.82, 2.24) is 5.32 Å². The molecule has 4 heteroatoms. The first-order valence-electron chi connectivity index (χ1n) is 5.30. The highest BCUT2D eigenvalue weighted by molar-refractivity contribution is 5.80. The van der Waals surface area contributed by atoms with Crippen LogP contribution in [0.15, 0.2) is 0 Å². The van der Waals surface area contributed by atoms with E-state index in [9.17, 15) is 9.59 Å². The minimum Gasteiger partial charge on any atom is -0.444 e. The molecule has 1 fully saturated rings. The number of carbonyl (C=O) groups is 2. The molecule has 0 heterocycles. The van der Waals surface area contributed by atoms with Gasteiger partial charge in [0.15, 0.2) is 0 Å². The third-order valence-electron chi connectivity index (χ3n) is 2.59. The van der Waals surface area contributed by atoms with Crippen molar-refractivity contribution in [3.8, 4) is 0 Å². The molecule has 0 aromatic rings. The summed E-state index contributed by atoms with van der Waals surface area (Å²) in [5.41, 5.74) is -1.18. The van der Waals surface area contributed by atoms with Crippen LogP contribution >= 0.6 is 0 Å². The summed E-state index contributed by atoms with van der Waals surface area (Å²) < 4.78 is 5.10. The first kappa shape index (κ1) is 12.0. The maximum atomic E-state index is 11.4. The summed E-state index contributed by atoms with van der Waals surface area (Å²) in [5.74, 6) is 0.266. The van der Waals surface area contributed by atoms with E-state index in [2.05, 4.69) is 5.32 Å². The fraction of sp³-hybridized carbons (Fsp3) is 0.818. The van der Waals surface area contributed by atoms with E-state index in [1.54, 1.807) is 20.8 Å². The van der Waals surface area contributed by atoms with E-state index in [0.717, 1.165) is 19.1 Å². The molecular weight excluding hydrogens is 194 g/mol. The van der Waals surface area contributed by atoms with Gasteiger partial charge in [0.2, 0.25) is 0 Å². The number of ether oxygens (including phenoxy) is 1. The van der Waals surface area contributed by atoms with Gasteiger partial charge in [-0.25, -0.2) is 4.79 Å². The summed E-state index contributed by atoms with van der Waals surface area (Å²) in [7, 11) is 0. The number of rotatable bonds is 3. The predicted molar refractivity (Wildman–Crippen MR) is 56.6 cm³/mol. The summed E-state index contributed by atoms with van der Waals surface area (Å²) in [6.45, 7) is 7.39. The van der Waals surface area contributed by atoms with Gasteiger partial charge in [-0.3, -0.25) is 0 Å².